The molecular formula is C16H31NO2S. The van der Waals surface area contributed by atoms with Gasteiger partial charge in [-0.3, -0.25) is 4.79 Å². The van der Waals surface area contributed by atoms with Crippen LogP contribution in [0, 0.1) is 5.41 Å². The van der Waals surface area contributed by atoms with Crippen LogP contribution in [-0.4, -0.2) is 35.2 Å². The van der Waals surface area contributed by atoms with Gasteiger partial charge in [-0.15, -0.1) is 11.8 Å². The quantitative estimate of drug-likeness (QED) is 0.761. The SMILES string of the molecule is CCCNC1C(SCC(=O)OC(C)(C)C)CCC1(C)C. The molecule has 1 rings (SSSR count). The Balaban J connectivity index is 2.47. The lowest BCUT2D eigenvalue weighted by atomic mass is 9.87. The van der Waals surface area contributed by atoms with Crippen LogP contribution >= 0.6 is 11.8 Å². The molecular weight excluding hydrogens is 270 g/mol. The minimum atomic E-state index is -0.382. The molecule has 1 fully saturated rings. The average Bonchev–Trinajstić information content (AvgIpc) is 2.57. The Bertz CT molecular complexity index is 323. The molecule has 20 heavy (non-hydrogen) atoms. The van der Waals surface area contributed by atoms with Gasteiger partial charge in [0.15, 0.2) is 0 Å². The van der Waals surface area contributed by atoms with Gasteiger partial charge in [-0.05, 0) is 52.0 Å². The van der Waals surface area contributed by atoms with Crippen LogP contribution in [0.15, 0.2) is 0 Å². The van der Waals surface area contributed by atoms with Gasteiger partial charge in [0.25, 0.3) is 0 Å². The summed E-state index contributed by atoms with van der Waals surface area (Å²) >= 11 is 1.76. The van der Waals surface area contributed by atoms with Crippen molar-refractivity contribution in [1.29, 1.82) is 0 Å². The van der Waals surface area contributed by atoms with Crippen LogP contribution < -0.4 is 5.32 Å². The fourth-order valence-electron chi connectivity index (χ4n) is 2.77. The van der Waals surface area contributed by atoms with Gasteiger partial charge >= 0.3 is 5.97 Å². The van der Waals surface area contributed by atoms with Crippen molar-refractivity contribution < 1.29 is 9.53 Å². The average molecular weight is 301 g/mol. The second kappa shape index (κ2) is 7.17. The molecule has 1 N–H and O–H groups in total. The molecule has 0 aromatic carbocycles. The van der Waals surface area contributed by atoms with E-state index in [2.05, 4.69) is 26.1 Å². The van der Waals surface area contributed by atoms with E-state index in [1.54, 1.807) is 11.8 Å². The number of carbonyl (C=O) groups excluding carboxylic acids is 1. The number of esters is 1. The molecule has 1 aliphatic rings. The maximum absolute atomic E-state index is 11.8. The normalized spacial score (nSPS) is 25.7. The molecule has 118 valence electrons. The van der Waals surface area contributed by atoms with Crippen LogP contribution in [0.3, 0.4) is 0 Å². The summed E-state index contributed by atoms with van der Waals surface area (Å²) < 4.78 is 5.39. The number of nitrogens with one attached hydrogen (secondary N) is 1. The zero-order valence-corrected chi connectivity index (χ0v) is 14.7. The lowest BCUT2D eigenvalue weighted by Gasteiger charge is -2.31. The van der Waals surface area contributed by atoms with E-state index >= 15 is 0 Å². The summed E-state index contributed by atoms with van der Waals surface area (Å²) in [4.78, 5) is 11.8. The van der Waals surface area contributed by atoms with Crippen molar-refractivity contribution in [3.8, 4) is 0 Å². The van der Waals surface area contributed by atoms with E-state index in [-0.39, 0.29) is 11.6 Å². The van der Waals surface area contributed by atoms with Crippen molar-refractivity contribution in [2.24, 2.45) is 5.41 Å². The minimum Gasteiger partial charge on any atom is -0.459 e. The van der Waals surface area contributed by atoms with Crippen LogP contribution in [0.5, 0.6) is 0 Å². The van der Waals surface area contributed by atoms with Crippen LogP contribution in [-0.2, 0) is 9.53 Å². The summed E-state index contributed by atoms with van der Waals surface area (Å²) in [6.45, 7) is 13.7. The van der Waals surface area contributed by atoms with Crippen molar-refractivity contribution in [2.75, 3.05) is 12.3 Å². The second-order valence-corrected chi connectivity index (χ2v) is 8.62. The first-order valence-corrected chi connectivity index (χ1v) is 8.77. The Morgan fingerprint density at radius 3 is 2.60 bits per heavy atom. The Hall–Kier alpha value is -0.220. The van der Waals surface area contributed by atoms with Crippen molar-refractivity contribution >= 4 is 17.7 Å². The number of rotatable bonds is 6. The zero-order valence-electron chi connectivity index (χ0n) is 13.9. The maximum Gasteiger partial charge on any atom is 0.316 e. The summed E-state index contributed by atoms with van der Waals surface area (Å²) in [5.74, 6) is 0.365. The fraction of sp³-hybridized carbons (Fsp3) is 0.938. The van der Waals surface area contributed by atoms with E-state index in [4.69, 9.17) is 4.74 Å². The molecule has 2 unspecified atom stereocenters. The number of hydrogen-bond acceptors (Lipinski definition) is 4. The summed E-state index contributed by atoms with van der Waals surface area (Å²) in [5.41, 5.74) is -0.0623. The molecule has 0 heterocycles. The third kappa shape index (κ3) is 5.65. The number of hydrogen-bond donors (Lipinski definition) is 1. The van der Waals surface area contributed by atoms with Gasteiger partial charge in [0.1, 0.15) is 5.60 Å². The van der Waals surface area contributed by atoms with Crippen molar-refractivity contribution in [3.05, 3.63) is 0 Å². The van der Waals surface area contributed by atoms with E-state index in [1.807, 2.05) is 20.8 Å². The highest BCUT2D eigenvalue weighted by molar-refractivity contribution is 8.00. The highest BCUT2D eigenvalue weighted by Gasteiger charge is 2.41. The highest BCUT2D eigenvalue weighted by atomic mass is 32.2. The van der Waals surface area contributed by atoms with Crippen LogP contribution in [0.25, 0.3) is 0 Å². The fourth-order valence-corrected chi connectivity index (χ4v) is 4.12. The zero-order chi connectivity index (χ0) is 15.4. The molecule has 0 aromatic heterocycles. The van der Waals surface area contributed by atoms with Gasteiger partial charge in [-0.1, -0.05) is 20.8 Å². The van der Waals surface area contributed by atoms with Crippen LogP contribution in [0.2, 0.25) is 0 Å². The Labute approximate surface area is 128 Å². The van der Waals surface area contributed by atoms with Gasteiger partial charge < -0.3 is 10.1 Å². The van der Waals surface area contributed by atoms with Crippen molar-refractivity contribution in [1.82, 2.24) is 5.32 Å². The van der Waals surface area contributed by atoms with E-state index in [9.17, 15) is 4.79 Å². The number of ether oxygens (including phenoxy) is 1. The topological polar surface area (TPSA) is 38.3 Å². The summed E-state index contributed by atoms with van der Waals surface area (Å²) in [7, 11) is 0. The first-order chi connectivity index (χ1) is 9.15. The smallest absolute Gasteiger partial charge is 0.316 e. The minimum absolute atomic E-state index is 0.0959. The predicted octanol–water partition coefficient (Wildman–Crippen LogP) is 3.62. The van der Waals surface area contributed by atoms with Gasteiger partial charge in [0.2, 0.25) is 0 Å². The molecule has 0 aliphatic heterocycles. The number of carbonyl (C=O) groups is 1. The van der Waals surface area contributed by atoms with E-state index in [0.717, 1.165) is 13.0 Å². The molecule has 0 bridgehead atoms. The largest absolute Gasteiger partial charge is 0.459 e. The van der Waals surface area contributed by atoms with Crippen molar-refractivity contribution in [3.63, 3.8) is 0 Å². The summed E-state index contributed by atoms with van der Waals surface area (Å²) in [5, 5.41) is 4.19. The molecule has 3 nitrogen and oxygen atoms in total. The highest BCUT2D eigenvalue weighted by Crippen LogP contribution is 2.43. The molecule has 0 spiro atoms. The van der Waals surface area contributed by atoms with E-state index in [1.165, 1.54) is 12.8 Å². The molecule has 0 radical (unpaired) electrons. The van der Waals surface area contributed by atoms with Gasteiger partial charge in [-0.25, -0.2) is 0 Å². The van der Waals surface area contributed by atoms with Gasteiger partial charge in [0.05, 0.1) is 5.75 Å². The Morgan fingerprint density at radius 2 is 2.05 bits per heavy atom. The monoisotopic (exact) mass is 301 g/mol. The Morgan fingerprint density at radius 1 is 1.40 bits per heavy atom. The maximum atomic E-state index is 11.8. The lowest BCUT2D eigenvalue weighted by molar-refractivity contribution is -0.151. The number of thioether (sulfide) groups is 1. The standard InChI is InChI=1S/C16H31NO2S/c1-7-10-17-14-12(8-9-16(14,5)6)20-11-13(18)19-15(2,3)4/h12,14,17H,7-11H2,1-6H3. The Kier molecular flexibility index (Phi) is 6.39. The lowest BCUT2D eigenvalue weighted by Crippen LogP contribution is -2.44. The molecule has 1 saturated carbocycles. The van der Waals surface area contributed by atoms with E-state index in [0.29, 0.717) is 22.5 Å². The third-order valence-electron chi connectivity index (χ3n) is 3.74. The molecule has 2 atom stereocenters. The molecule has 1 aliphatic carbocycles. The van der Waals surface area contributed by atoms with Crippen LogP contribution in [0.1, 0.15) is 60.8 Å². The predicted molar refractivity (Wildman–Crippen MR) is 87.2 cm³/mol. The first kappa shape index (κ1) is 17.8. The summed E-state index contributed by atoms with van der Waals surface area (Å²) in [6, 6.07) is 0.495. The molecule has 4 heteroatoms. The van der Waals surface area contributed by atoms with Crippen molar-refractivity contribution in [2.45, 2.75) is 77.7 Å². The molecule has 0 amide bonds. The first-order valence-electron chi connectivity index (χ1n) is 7.72. The van der Waals surface area contributed by atoms with E-state index < -0.39 is 0 Å². The molecule has 0 aromatic rings. The molecule has 0 saturated heterocycles. The van der Waals surface area contributed by atoms with Gasteiger partial charge in [-0.2, -0.15) is 0 Å². The second-order valence-electron chi connectivity index (χ2n) is 7.39. The van der Waals surface area contributed by atoms with Crippen LogP contribution in [0.4, 0.5) is 0 Å². The summed E-state index contributed by atoms with van der Waals surface area (Å²) in [6.07, 6.45) is 3.55. The third-order valence-corrected chi connectivity index (χ3v) is 5.07. The van der Waals surface area contributed by atoms with Gasteiger partial charge in [0, 0.05) is 11.3 Å².